The zero-order valence-corrected chi connectivity index (χ0v) is 18.8. The van der Waals surface area contributed by atoms with Crippen LogP contribution in [-0.2, 0) is 10.0 Å². The van der Waals surface area contributed by atoms with Gasteiger partial charge in [0.05, 0.1) is 4.90 Å². The van der Waals surface area contributed by atoms with Crippen molar-refractivity contribution in [2.75, 3.05) is 26.2 Å². The molecule has 5 heteroatoms. The molecule has 0 saturated carbocycles. The van der Waals surface area contributed by atoms with Crippen molar-refractivity contribution >= 4 is 26.9 Å². The lowest BCUT2D eigenvalue weighted by Gasteiger charge is -2.31. The van der Waals surface area contributed by atoms with Gasteiger partial charge in [-0.05, 0) is 49.2 Å². The molecule has 0 amide bonds. The first-order valence-corrected chi connectivity index (χ1v) is 12.4. The zero-order chi connectivity index (χ0) is 21.7. The molecular weight excluding hydrogens is 404 g/mol. The molecule has 0 radical (unpaired) electrons. The fourth-order valence-corrected chi connectivity index (χ4v) is 5.96. The lowest BCUT2D eigenvalue weighted by Crippen LogP contribution is -2.40. The predicted molar refractivity (Wildman–Crippen MR) is 128 cm³/mol. The van der Waals surface area contributed by atoms with E-state index in [1.54, 1.807) is 10.4 Å². The Morgan fingerprint density at radius 3 is 2.42 bits per heavy atom. The van der Waals surface area contributed by atoms with Crippen LogP contribution in [0.2, 0.25) is 0 Å². The van der Waals surface area contributed by atoms with Gasteiger partial charge in [-0.1, -0.05) is 78.4 Å². The molecule has 3 aromatic rings. The van der Waals surface area contributed by atoms with Crippen molar-refractivity contribution in [3.8, 4) is 0 Å². The van der Waals surface area contributed by atoms with E-state index in [9.17, 15) is 8.42 Å². The smallest absolute Gasteiger partial charge is 0.243 e. The van der Waals surface area contributed by atoms with Gasteiger partial charge in [0.15, 0.2) is 0 Å². The molecule has 162 valence electrons. The van der Waals surface area contributed by atoms with Crippen LogP contribution < -0.4 is 5.32 Å². The summed E-state index contributed by atoms with van der Waals surface area (Å²) in [5.74, 6) is 0.503. The summed E-state index contributed by atoms with van der Waals surface area (Å²) in [5, 5.41) is 5.31. The lowest BCUT2D eigenvalue weighted by atomic mass is 9.98. The molecule has 1 saturated heterocycles. The minimum Gasteiger partial charge on any atom is -0.313 e. The van der Waals surface area contributed by atoms with Crippen molar-refractivity contribution in [1.29, 1.82) is 0 Å². The second kappa shape index (κ2) is 9.77. The molecule has 1 heterocycles. The van der Waals surface area contributed by atoms with Crippen LogP contribution in [0, 0.1) is 5.92 Å². The Bertz CT molecular complexity index is 1140. The fourth-order valence-electron chi connectivity index (χ4n) is 4.27. The average molecular weight is 435 g/mol. The van der Waals surface area contributed by atoms with E-state index in [-0.39, 0.29) is 0 Å². The highest BCUT2D eigenvalue weighted by atomic mass is 32.2. The SMILES string of the molecule is CC(=Cc1ccccc1)CNCC1CCN(S(=O)(=O)c2cccc3ccccc23)CC1. The molecule has 1 N–H and O–H groups in total. The van der Waals surface area contributed by atoms with Crippen molar-refractivity contribution in [1.82, 2.24) is 9.62 Å². The number of rotatable bonds is 7. The van der Waals surface area contributed by atoms with E-state index in [0.717, 1.165) is 36.7 Å². The topological polar surface area (TPSA) is 49.4 Å². The predicted octanol–water partition coefficient (Wildman–Crippen LogP) is 4.93. The molecule has 1 aliphatic rings. The molecule has 4 nitrogen and oxygen atoms in total. The highest BCUT2D eigenvalue weighted by Gasteiger charge is 2.30. The molecule has 0 unspecified atom stereocenters. The monoisotopic (exact) mass is 434 g/mol. The largest absolute Gasteiger partial charge is 0.313 e. The third kappa shape index (κ3) is 5.24. The number of hydrogen-bond donors (Lipinski definition) is 1. The number of hydrogen-bond acceptors (Lipinski definition) is 3. The standard InChI is InChI=1S/C26H30N2O2S/c1-21(18-22-8-3-2-4-9-22)19-27-20-23-14-16-28(17-15-23)31(29,30)26-13-7-11-24-10-5-6-12-25(24)26/h2-13,18,23,27H,14-17,19-20H2,1H3. The molecule has 4 rings (SSSR count). The third-order valence-corrected chi connectivity index (χ3v) is 7.95. The van der Waals surface area contributed by atoms with E-state index >= 15 is 0 Å². The van der Waals surface area contributed by atoms with Gasteiger partial charge in [-0.3, -0.25) is 0 Å². The second-order valence-corrected chi connectivity index (χ2v) is 10.3. The Balaban J connectivity index is 1.32. The first kappa shape index (κ1) is 21.8. The maximum Gasteiger partial charge on any atom is 0.243 e. The van der Waals surface area contributed by atoms with Crippen molar-refractivity contribution in [2.45, 2.75) is 24.7 Å². The molecule has 1 aliphatic heterocycles. The van der Waals surface area contributed by atoms with E-state index in [1.807, 2.05) is 54.6 Å². The number of fused-ring (bicyclic) bond motifs is 1. The summed E-state index contributed by atoms with van der Waals surface area (Å²) in [6, 6.07) is 23.5. The van der Waals surface area contributed by atoms with E-state index < -0.39 is 10.0 Å². The van der Waals surface area contributed by atoms with Gasteiger partial charge in [-0.2, -0.15) is 4.31 Å². The molecule has 0 aromatic heterocycles. The quantitative estimate of drug-likeness (QED) is 0.573. The summed E-state index contributed by atoms with van der Waals surface area (Å²) >= 11 is 0. The molecule has 0 bridgehead atoms. The van der Waals surface area contributed by atoms with Gasteiger partial charge in [0.25, 0.3) is 0 Å². The second-order valence-electron chi connectivity index (χ2n) is 8.36. The first-order chi connectivity index (χ1) is 15.0. The maximum atomic E-state index is 13.3. The minimum absolute atomic E-state index is 0.420. The van der Waals surface area contributed by atoms with Crippen LogP contribution in [0.5, 0.6) is 0 Å². The van der Waals surface area contributed by atoms with Crippen molar-refractivity contribution < 1.29 is 8.42 Å². The van der Waals surface area contributed by atoms with Crippen LogP contribution in [0.1, 0.15) is 25.3 Å². The Morgan fingerprint density at radius 1 is 0.968 bits per heavy atom. The fraction of sp³-hybridized carbons (Fsp3) is 0.308. The van der Waals surface area contributed by atoms with Gasteiger partial charge >= 0.3 is 0 Å². The summed E-state index contributed by atoms with van der Waals surface area (Å²) in [4.78, 5) is 0.420. The van der Waals surface area contributed by atoms with Crippen LogP contribution in [0.25, 0.3) is 16.8 Å². The van der Waals surface area contributed by atoms with Gasteiger partial charge in [0, 0.05) is 25.0 Å². The van der Waals surface area contributed by atoms with Crippen molar-refractivity contribution in [3.63, 3.8) is 0 Å². The number of nitrogens with one attached hydrogen (secondary N) is 1. The Kier molecular flexibility index (Phi) is 6.86. The van der Waals surface area contributed by atoms with E-state index in [0.29, 0.717) is 23.9 Å². The van der Waals surface area contributed by atoms with Gasteiger partial charge in [-0.25, -0.2) is 8.42 Å². The van der Waals surface area contributed by atoms with Crippen LogP contribution in [0.3, 0.4) is 0 Å². The zero-order valence-electron chi connectivity index (χ0n) is 18.0. The number of piperidine rings is 1. The highest BCUT2D eigenvalue weighted by Crippen LogP contribution is 2.28. The van der Waals surface area contributed by atoms with Crippen molar-refractivity contribution in [3.05, 3.63) is 83.9 Å². The van der Waals surface area contributed by atoms with Gasteiger partial charge in [-0.15, -0.1) is 0 Å². The van der Waals surface area contributed by atoms with Crippen LogP contribution in [0.4, 0.5) is 0 Å². The number of benzene rings is 3. The van der Waals surface area contributed by atoms with Crippen molar-refractivity contribution in [2.24, 2.45) is 5.92 Å². The van der Waals surface area contributed by atoms with E-state index in [4.69, 9.17) is 0 Å². The van der Waals surface area contributed by atoms with E-state index in [1.165, 1.54) is 11.1 Å². The first-order valence-electron chi connectivity index (χ1n) is 10.9. The molecule has 0 aliphatic carbocycles. The Hall–Kier alpha value is -2.47. The summed E-state index contributed by atoms with van der Waals surface area (Å²) in [6.45, 7) is 5.07. The third-order valence-electron chi connectivity index (χ3n) is 5.99. The summed E-state index contributed by atoms with van der Waals surface area (Å²) in [6.07, 6.45) is 3.98. The molecule has 3 aromatic carbocycles. The van der Waals surface area contributed by atoms with Gasteiger partial charge in [0.2, 0.25) is 10.0 Å². The number of sulfonamides is 1. The summed E-state index contributed by atoms with van der Waals surface area (Å²) in [7, 11) is -3.48. The molecule has 0 atom stereocenters. The molecular formula is C26H30N2O2S. The Labute approximate surface area is 185 Å². The van der Waals surface area contributed by atoms with Gasteiger partial charge in [0.1, 0.15) is 0 Å². The highest BCUT2D eigenvalue weighted by molar-refractivity contribution is 7.89. The summed E-state index contributed by atoms with van der Waals surface area (Å²) in [5.41, 5.74) is 2.51. The van der Waals surface area contributed by atoms with Crippen LogP contribution in [0.15, 0.2) is 83.3 Å². The summed E-state index contributed by atoms with van der Waals surface area (Å²) < 4.78 is 28.2. The lowest BCUT2D eigenvalue weighted by molar-refractivity contribution is 0.269. The Morgan fingerprint density at radius 2 is 1.65 bits per heavy atom. The number of nitrogens with zero attached hydrogens (tertiary/aromatic N) is 1. The maximum absolute atomic E-state index is 13.3. The normalized spacial score (nSPS) is 16.6. The molecule has 31 heavy (non-hydrogen) atoms. The van der Waals surface area contributed by atoms with Gasteiger partial charge < -0.3 is 5.32 Å². The molecule has 1 fully saturated rings. The molecule has 0 spiro atoms. The average Bonchev–Trinajstić information content (AvgIpc) is 2.79. The van der Waals surface area contributed by atoms with E-state index in [2.05, 4.69) is 30.4 Å². The van der Waals surface area contributed by atoms with Crippen LogP contribution >= 0.6 is 0 Å². The minimum atomic E-state index is -3.48. The van der Waals surface area contributed by atoms with Crippen LogP contribution in [-0.4, -0.2) is 38.9 Å².